The van der Waals surface area contributed by atoms with Crippen molar-refractivity contribution in [3.8, 4) is 27.7 Å². The summed E-state index contributed by atoms with van der Waals surface area (Å²) < 4.78 is 13.3. The van der Waals surface area contributed by atoms with Crippen LogP contribution < -0.4 is 9.47 Å². The molecular formula is C36H46N2O3S. The van der Waals surface area contributed by atoms with Gasteiger partial charge in [0, 0.05) is 34.8 Å². The van der Waals surface area contributed by atoms with Crippen molar-refractivity contribution in [2.45, 2.75) is 65.5 Å². The Hall–Kier alpha value is -3.06. The number of aromatic hydroxyl groups is 1. The van der Waals surface area contributed by atoms with Gasteiger partial charge in [-0.05, 0) is 137 Å². The van der Waals surface area contributed by atoms with Gasteiger partial charge >= 0.3 is 0 Å². The van der Waals surface area contributed by atoms with Gasteiger partial charge in [-0.2, -0.15) is 0 Å². The predicted molar refractivity (Wildman–Crippen MR) is 176 cm³/mol. The Labute approximate surface area is 255 Å². The van der Waals surface area contributed by atoms with Gasteiger partial charge in [0.15, 0.2) is 0 Å². The van der Waals surface area contributed by atoms with Gasteiger partial charge in [-0.1, -0.05) is 18.6 Å². The van der Waals surface area contributed by atoms with Gasteiger partial charge in [0.25, 0.3) is 0 Å². The molecule has 1 saturated heterocycles. The summed E-state index contributed by atoms with van der Waals surface area (Å²) in [5, 5.41) is 11.4. The first-order valence-electron chi connectivity index (χ1n) is 15.5. The molecule has 0 saturated carbocycles. The van der Waals surface area contributed by atoms with Crippen LogP contribution in [0.4, 0.5) is 0 Å². The second-order valence-electron chi connectivity index (χ2n) is 12.0. The number of hydrogen-bond acceptors (Lipinski definition) is 6. The molecule has 1 N–H and O–H groups in total. The molecule has 2 heterocycles. The normalized spacial score (nSPS) is 14.4. The fraction of sp³-hybridized carbons (Fsp3) is 0.444. The van der Waals surface area contributed by atoms with Crippen molar-refractivity contribution in [1.82, 2.24) is 9.80 Å². The highest BCUT2D eigenvalue weighted by Gasteiger charge is 2.17. The van der Waals surface area contributed by atoms with Gasteiger partial charge in [-0.3, -0.25) is 9.80 Å². The van der Waals surface area contributed by atoms with Gasteiger partial charge in [-0.25, -0.2) is 0 Å². The molecular weight excluding hydrogens is 540 g/mol. The predicted octanol–water partition coefficient (Wildman–Crippen LogP) is 8.23. The molecule has 0 atom stereocenters. The topological polar surface area (TPSA) is 45.2 Å². The highest BCUT2D eigenvalue weighted by Crippen LogP contribution is 2.41. The largest absolute Gasteiger partial charge is 0.508 e. The van der Waals surface area contributed by atoms with E-state index in [9.17, 15) is 5.11 Å². The van der Waals surface area contributed by atoms with E-state index in [0.29, 0.717) is 24.4 Å². The Morgan fingerprint density at radius 2 is 1.45 bits per heavy atom. The van der Waals surface area contributed by atoms with Gasteiger partial charge < -0.3 is 14.6 Å². The average molecular weight is 587 g/mol. The lowest BCUT2D eigenvalue weighted by molar-refractivity contribution is 0.142. The maximum Gasteiger partial charge on any atom is 0.119 e. The molecule has 4 aromatic rings. The highest BCUT2D eigenvalue weighted by atomic mass is 32.1. The van der Waals surface area contributed by atoms with Gasteiger partial charge in [0.05, 0.1) is 0 Å². The molecule has 5 nitrogen and oxygen atoms in total. The molecule has 0 unspecified atom stereocenters. The summed E-state index contributed by atoms with van der Waals surface area (Å²) in [6.07, 6.45) is 4.78. The molecule has 0 aliphatic carbocycles. The summed E-state index contributed by atoms with van der Waals surface area (Å²) in [5.74, 6) is 2.12. The third-order valence-corrected chi connectivity index (χ3v) is 9.51. The van der Waals surface area contributed by atoms with Crippen LogP contribution >= 0.6 is 11.3 Å². The number of thiophene rings is 1. The van der Waals surface area contributed by atoms with Crippen LogP contribution in [0.25, 0.3) is 20.5 Å². The van der Waals surface area contributed by atoms with E-state index in [1.54, 1.807) is 17.4 Å². The van der Waals surface area contributed by atoms with Crippen molar-refractivity contribution >= 4 is 21.4 Å². The van der Waals surface area contributed by atoms with E-state index in [-0.39, 0.29) is 0 Å². The summed E-state index contributed by atoms with van der Waals surface area (Å²) in [6, 6.07) is 23.7. The number of rotatable bonds is 13. The fourth-order valence-electron chi connectivity index (χ4n) is 6.01. The van der Waals surface area contributed by atoms with Crippen molar-refractivity contribution in [3.05, 3.63) is 77.9 Å². The second kappa shape index (κ2) is 14.4. The Bertz CT molecular complexity index is 1400. The fourth-order valence-corrected chi connectivity index (χ4v) is 7.27. The summed E-state index contributed by atoms with van der Waals surface area (Å²) in [5.41, 5.74) is 3.70. The van der Waals surface area contributed by atoms with Gasteiger partial charge in [0.2, 0.25) is 0 Å². The van der Waals surface area contributed by atoms with E-state index < -0.39 is 0 Å². The van der Waals surface area contributed by atoms with E-state index in [4.69, 9.17) is 9.47 Å². The quantitative estimate of drug-likeness (QED) is 0.171. The molecule has 1 fully saturated rings. The number of likely N-dealkylation sites (tertiary alicyclic amines) is 1. The van der Waals surface area contributed by atoms with E-state index in [1.807, 2.05) is 12.1 Å². The van der Waals surface area contributed by atoms with E-state index in [0.717, 1.165) is 42.3 Å². The molecule has 1 aliphatic rings. The number of benzene rings is 3. The zero-order valence-corrected chi connectivity index (χ0v) is 26.5. The Kier molecular flexibility index (Phi) is 10.4. The second-order valence-corrected chi connectivity index (χ2v) is 13.0. The number of hydrogen-bond donors (Lipinski definition) is 1. The standard InChI is InChI=1S/C36H46N2O3S/c1-26(2)38(27(3)4)21-23-41-32-15-10-29(11-16-32)36-34(33-17-12-30(39)25-35(33)42-36)24-28-8-13-31(14-9-28)40-22-20-37-18-6-5-7-19-37/h8-17,25-27,39H,5-7,18-24H2,1-4H3. The van der Waals surface area contributed by atoms with Crippen molar-refractivity contribution < 1.29 is 14.6 Å². The van der Waals surface area contributed by atoms with Crippen LogP contribution in [0.5, 0.6) is 17.2 Å². The average Bonchev–Trinajstić information content (AvgIpc) is 3.33. The zero-order valence-electron chi connectivity index (χ0n) is 25.6. The Morgan fingerprint density at radius 1 is 0.810 bits per heavy atom. The first kappa shape index (κ1) is 30.4. The molecule has 1 aliphatic heterocycles. The molecule has 0 spiro atoms. The molecule has 5 rings (SSSR count). The minimum Gasteiger partial charge on any atom is -0.508 e. The van der Waals surface area contributed by atoms with Crippen LogP contribution in [-0.2, 0) is 6.42 Å². The lowest BCUT2D eigenvalue weighted by atomic mass is 9.99. The summed E-state index contributed by atoms with van der Waals surface area (Å²) >= 11 is 1.74. The SMILES string of the molecule is CC(C)N(CCOc1ccc(-c2sc3cc(O)ccc3c2Cc2ccc(OCCN3CCCCC3)cc2)cc1)C(C)C. The zero-order chi connectivity index (χ0) is 29.5. The third-order valence-electron chi connectivity index (χ3n) is 8.27. The van der Waals surface area contributed by atoms with Gasteiger partial charge in [-0.15, -0.1) is 11.3 Å². The third kappa shape index (κ3) is 7.85. The Morgan fingerprint density at radius 3 is 2.12 bits per heavy atom. The number of ether oxygens (including phenoxy) is 2. The van der Waals surface area contributed by atoms with E-state index in [2.05, 4.69) is 86.0 Å². The molecule has 0 amide bonds. The summed E-state index contributed by atoms with van der Waals surface area (Å²) in [7, 11) is 0. The first-order valence-corrected chi connectivity index (χ1v) is 16.4. The Balaban J connectivity index is 1.27. The molecule has 3 aromatic carbocycles. The van der Waals surface area contributed by atoms with Crippen molar-refractivity contribution in [2.75, 3.05) is 39.4 Å². The monoisotopic (exact) mass is 586 g/mol. The summed E-state index contributed by atoms with van der Waals surface area (Å²) in [4.78, 5) is 6.18. The maximum atomic E-state index is 10.2. The number of piperidine rings is 1. The maximum absolute atomic E-state index is 10.2. The molecule has 6 heteroatoms. The van der Waals surface area contributed by atoms with Crippen molar-refractivity contribution in [3.63, 3.8) is 0 Å². The molecule has 1 aromatic heterocycles. The summed E-state index contributed by atoms with van der Waals surface area (Å²) in [6.45, 7) is 14.6. The lowest BCUT2D eigenvalue weighted by Gasteiger charge is -2.30. The first-order chi connectivity index (χ1) is 20.4. The van der Waals surface area contributed by atoms with Crippen LogP contribution in [0.2, 0.25) is 0 Å². The molecule has 224 valence electrons. The highest BCUT2D eigenvalue weighted by molar-refractivity contribution is 7.22. The number of phenolic OH excluding ortho intramolecular Hbond substituents is 1. The number of nitrogens with zero attached hydrogens (tertiary/aromatic N) is 2. The van der Waals surface area contributed by atoms with E-state index >= 15 is 0 Å². The van der Waals surface area contributed by atoms with Crippen LogP contribution in [0.15, 0.2) is 66.7 Å². The van der Waals surface area contributed by atoms with Crippen molar-refractivity contribution in [1.29, 1.82) is 0 Å². The van der Waals surface area contributed by atoms with Crippen molar-refractivity contribution in [2.24, 2.45) is 0 Å². The van der Waals surface area contributed by atoms with E-state index in [1.165, 1.54) is 59.3 Å². The van der Waals surface area contributed by atoms with Crippen LogP contribution in [-0.4, -0.2) is 66.4 Å². The number of phenols is 1. The molecule has 0 radical (unpaired) electrons. The van der Waals surface area contributed by atoms with Crippen LogP contribution in [0.1, 0.15) is 58.1 Å². The van der Waals surface area contributed by atoms with Gasteiger partial charge in [0.1, 0.15) is 30.5 Å². The minimum absolute atomic E-state index is 0.300. The van der Waals surface area contributed by atoms with Crippen LogP contribution in [0, 0.1) is 0 Å². The van der Waals surface area contributed by atoms with Crippen LogP contribution in [0.3, 0.4) is 0 Å². The molecule has 42 heavy (non-hydrogen) atoms. The lowest BCUT2D eigenvalue weighted by Crippen LogP contribution is -2.39. The number of fused-ring (bicyclic) bond motifs is 1. The molecule has 0 bridgehead atoms. The minimum atomic E-state index is 0.300. The smallest absolute Gasteiger partial charge is 0.119 e.